The molecule has 1 aliphatic heterocycles. The molecule has 2 heteroatoms. The van der Waals surface area contributed by atoms with E-state index in [1.807, 2.05) is 18.2 Å². The third-order valence-corrected chi connectivity index (χ3v) is 2.62. The van der Waals surface area contributed by atoms with Crippen molar-refractivity contribution in [3.05, 3.63) is 41.7 Å². The predicted octanol–water partition coefficient (Wildman–Crippen LogP) is 2.86. The van der Waals surface area contributed by atoms with Crippen LogP contribution in [-0.2, 0) is 0 Å². The lowest BCUT2D eigenvalue weighted by atomic mass is 9.86. The number of nitrogens with zero attached hydrogens (tertiary/aromatic N) is 2. The maximum atomic E-state index is 4.52. The maximum absolute atomic E-state index is 4.52. The van der Waals surface area contributed by atoms with Crippen molar-refractivity contribution in [3.8, 4) is 0 Å². The van der Waals surface area contributed by atoms with Crippen LogP contribution in [0.5, 0.6) is 0 Å². The fourth-order valence-electron chi connectivity index (χ4n) is 1.55. The lowest BCUT2D eigenvalue weighted by molar-refractivity contribution is 0.499. The van der Waals surface area contributed by atoms with Gasteiger partial charge < -0.3 is 0 Å². The van der Waals surface area contributed by atoms with E-state index >= 15 is 0 Å². The van der Waals surface area contributed by atoms with Gasteiger partial charge in [0, 0.05) is 6.20 Å². The highest BCUT2D eigenvalue weighted by atomic mass is 14.8. The fraction of sp³-hybridized carbons (Fsp3) is 0.385. The van der Waals surface area contributed by atoms with Crippen LogP contribution < -0.4 is 0 Å². The summed E-state index contributed by atoms with van der Waals surface area (Å²) in [6, 6.07) is 5.92. The monoisotopic (exact) mass is 200 g/mol. The second-order valence-electron chi connectivity index (χ2n) is 4.84. The highest BCUT2D eigenvalue weighted by molar-refractivity contribution is 6.09. The molecule has 0 saturated heterocycles. The van der Waals surface area contributed by atoms with Crippen LogP contribution in [0.1, 0.15) is 26.5 Å². The zero-order valence-electron chi connectivity index (χ0n) is 9.49. The van der Waals surface area contributed by atoms with Gasteiger partial charge in [-0.2, -0.15) is 0 Å². The minimum Gasteiger partial charge on any atom is -0.279 e. The van der Waals surface area contributed by atoms with E-state index in [0.717, 1.165) is 18.0 Å². The Labute approximate surface area is 90.8 Å². The summed E-state index contributed by atoms with van der Waals surface area (Å²) in [7, 11) is 0. The van der Waals surface area contributed by atoms with Gasteiger partial charge in [-0.25, -0.2) is 0 Å². The molecule has 2 nitrogen and oxygen atoms in total. The number of aromatic nitrogens is 1. The first-order valence-corrected chi connectivity index (χ1v) is 5.24. The first-order valence-electron chi connectivity index (χ1n) is 5.24. The van der Waals surface area contributed by atoms with Gasteiger partial charge in [-0.05, 0) is 29.2 Å². The molecule has 0 amide bonds. The summed E-state index contributed by atoms with van der Waals surface area (Å²) in [5.41, 5.74) is 3.57. The van der Waals surface area contributed by atoms with Crippen LogP contribution in [0.4, 0.5) is 0 Å². The standard InChI is InChI=1S/C13H16N2/c1-13(2,3)10-8-12(15-9-10)11-6-4-5-7-14-11/h4-8H,9H2,1-3H3. The van der Waals surface area contributed by atoms with Gasteiger partial charge >= 0.3 is 0 Å². The average Bonchev–Trinajstić information content (AvgIpc) is 2.67. The van der Waals surface area contributed by atoms with E-state index < -0.39 is 0 Å². The second kappa shape index (κ2) is 3.61. The van der Waals surface area contributed by atoms with Crippen LogP contribution >= 0.6 is 0 Å². The molecule has 0 spiro atoms. The molecule has 1 aromatic heterocycles. The minimum absolute atomic E-state index is 0.208. The molecule has 2 rings (SSSR count). The van der Waals surface area contributed by atoms with Crippen molar-refractivity contribution in [2.45, 2.75) is 20.8 Å². The van der Waals surface area contributed by atoms with Gasteiger partial charge in [0.2, 0.25) is 0 Å². The summed E-state index contributed by atoms with van der Waals surface area (Å²) in [5, 5.41) is 0. The number of aliphatic imine (C=N–C) groups is 1. The Hall–Kier alpha value is -1.44. The Morgan fingerprint density at radius 2 is 2.00 bits per heavy atom. The maximum Gasteiger partial charge on any atom is 0.0881 e. The van der Waals surface area contributed by atoms with E-state index in [4.69, 9.17) is 0 Å². The molecule has 2 heterocycles. The smallest absolute Gasteiger partial charge is 0.0881 e. The molecule has 0 atom stereocenters. The van der Waals surface area contributed by atoms with Crippen molar-refractivity contribution < 1.29 is 0 Å². The van der Waals surface area contributed by atoms with E-state index in [1.165, 1.54) is 5.57 Å². The molecule has 0 radical (unpaired) electrons. The summed E-state index contributed by atoms with van der Waals surface area (Å²) < 4.78 is 0. The molecule has 0 saturated carbocycles. The van der Waals surface area contributed by atoms with Crippen molar-refractivity contribution in [3.63, 3.8) is 0 Å². The summed E-state index contributed by atoms with van der Waals surface area (Å²) in [6.07, 6.45) is 3.98. The molecule has 78 valence electrons. The van der Waals surface area contributed by atoms with Crippen LogP contribution in [-0.4, -0.2) is 17.2 Å². The van der Waals surface area contributed by atoms with Gasteiger partial charge in [0.15, 0.2) is 0 Å². The highest BCUT2D eigenvalue weighted by Gasteiger charge is 2.21. The topological polar surface area (TPSA) is 25.2 Å². The van der Waals surface area contributed by atoms with Crippen LogP contribution in [0.15, 0.2) is 41.0 Å². The van der Waals surface area contributed by atoms with Crippen molar-refractivity contribution >= 4 is 5.71 Å². The van der Waals surface area contributed by atoms with E-state index in [9.17, 15) is 0 Å². The normalized spacial score (nSPS) is 16.2. The average molecular weight is 200 g/mol. The Morgan fingerprint density at radius 1 is 1.20 bits per heavy atom. The van der Waals surface area contributed by atoms with E-state index in [0.29, 0.717) is 0 Å². The number of pyridine rings is 1. The van der Waals surface area contributed by atoms with Crippen molar-refractivity contribution in [2.75, 3.05) is 6.54 Å². The summed E-state index contributed by atoms with van der Waals surface area (Å²) in [5.74, 6) is 0. The largest absolute Gasteiger partial charge is 0.279 e. The summed E-state index contributed by atoms with van der Waals surface area (Å²) in [6.45, 7) is 7.47. The van der Waals surface area contributed by atoms with Gasteiger partial charge in [0.25, 0.3) is 0 Å². The molecule has 0 aromatic carbocycles. The fourth-order valence-corrected chi connectivity index (χ4v) is 1.55. The molecule has 15 heavy (non-hydrogen) atoms. The highest BCUT2D eigenvalue weighted by Crippen LogP contribution is 2.28. The van der Waals surface area contributed by atoms with Gasteiger partial charge in [-0.3, -0.25) is 9.98 Å². The molecule has 0 fully saturated rings. The van der Waals surface area contributed by atoms with Crippen LogP contribution in [0, 0.1) is 5.41 Å². The van der Waals surface area contributed by atoms with E-state index in [1.54, 1.807) is 6.20 Å². The third-order valence-electron chi connectivity index (χ3n) is 2.62. The Kier molecular flexibility index (Phi) is 2.43. The number of allylic oxidation sites excluding steroid dienone is 1. The second-order valence-corrected chi connectivity index (χ2v) is 4.84. The molecular formula is C13H16N2. The molecule has 0 bridgehead atoms. The first-order chi connectivity index (χ1) is 7.07. The van der Waals surface area contributed by atoms with Crippen molar-refractivity contribution in [2.24, 2.45) is 10.4 Å². The molecule has 0 unspecified atom stereocenters. The Balaban J connectivity index is 2.26. The van der Waals surface area contributed by atoms with Crippen molar-refractivity contribution in [1.29, 1.82) is 0 Å². The quantitative estimate of drug-likeness (QED) is 0.684. The molecule has 0 N–H and O–H groups in total. The summed E-state index contributed by atoms with van der Waals surface area (Å²) in [4.78, 5) is 8.82. The van der Waals surface area contributed by atoms with Gasteiger partial charge in [-0.1, -0.05) is 26.8 Å². The molecule has 1 aliphatic rings. The van der Waals surface area contributed by atoms with Crippen LogP contribution in [0.2, 0.25) is 0 Å². The Bertz CT molecular complexity index is 408. The van der Waals surface area contributed by atoms with Crippen LogP contribution in [0.3, 0.4) is 0 Å². The molecular weight excluding hydrogens is 184 g/mol. The third kappa shape index (κ3) is 2.14. The number of hydrogen-bond acceptors (Lipinski definition) is 2. The minimum atomic E-state index is 0.208. The lowest BCUT2D eigenvalue weighted by Gasteiger charge is -2.18. The zero-order chi connectivity index (χ0) is 10.9. The SMILES string of the molecule is CC(C)(C)C1=CC(c2ccccn2)=NC1. The Morgan fingerprint density at radius 3 is 2.53 bits per heavy atom. The molecule has 0 aliphatic carbocycles. The first kappa shape index (κ1) is 10.1. The predicted molar refractivity (Wildman–Crippen MR) is 63.2 cm³/mol. The summed E-state index contributed by atoms with van der Waals surface area (Å²) >= 11 is 0. The van der Waals surface area contributed by atoms with Crippen LogP contribution in [0.25, 0.3) is 0 Å². The van der Waals surface area contributed by atoms with Crippen molar-refractivity contribution in [1.82, 2.24) is 4.98 Å². The van der Waals surface area contributed by atoms with Gasteiger partial charge in [0.05, 0.1) is 18.0 Å². The zero-order valence-corrected chi connectivity index (χ0v) is 9.49. The lowest BCUT2D eigenvalue weighted by Crippen LogP contribution is -2.10. The molecule has 1 aromatic rings. The van der Waals surface area contributed by atoms with Gasteiger partial charge in [0.1, 0.15) is 0 Å². The van der Waals surface area contributed by atoms with E-state index in [-0.39, 0.29) is 5.41 Å². The van der Waals surface area contributed by atoms with Gasteiger partial charge in [-0.15, -0.1) is 0 Å². The number of hydrogen-bond donors (Lipinski definition) is 0. The van der Waals surface area contributed by atoms with E-state index in [2.05, 4.69) is 36.8 Å². The number of rotatable bonds is 1.